The highest BCUT2D eigenvalue weighted by molar-refractivity contribution is 7.99. The Balaban J connectivity index is 2.36. The Bertz CT molecular complexity index is 187. The van der Waals surface area contributed by atoms with E-state index >= 15 is 0 Å². The molecule has 1 aliphatic rings. The van der Waals surface area contributed by atoms with Gasteiger partial charge in [0, 0.05) is 31.2 Å². The van der Waals surface area contributed by atoms with Gasteiger partial charge in [-0.25, -0.2) is 0 Å². The minimum Gasteiger partial charge on any atom is -0.311 e. The van der Waals surface area contributed by atoms with Crippen molar-refractivity contribution in [2.75, 3.05) is 24.6 Å². The van der Waals surface area contributed by atoms with Gasteiger partial charge < -0.3 is 5.32 Å². The predicted octanol–water partition coefficient (Wildman–Crippen LogP) is 2.59. The van der Waals surface area contributed by atoms with Crippen molar-refractivity contribution in [3.8, 4) is 0 Å². The zero-order valence-corrected chi connectivity index (χ0v) is 12.1. The van der Waals surface area contributed by atoms with Crippen LogP contribution in [0, 0.1) is 0 Å². The van der Waals surface area contributed by atoms with E-state index in [4.69, 9.17) is 0 Å². The SMILES string of the molecule is CCSCCC(C)N1CC(CC)NCC1C. The summed E-state index contributed by atoms with van der Waals surface area (Å²) in [6.45, 7) is 11.7. The second kappa shape index (κ2) is 7.57. The van der Waals surface area contributed by atoms with Crippen molar-refractivity contribution >= 4 is 11.8 Å². The first-order valence-corrected chi connectivity index (χ1v) is 7.91. The van der Waals surface area contributed by atoms with Crippen LogP contribution in [0.4, 0.5) is 0 Å². The number of thioether (sulfide) groups is 1. The summed E-state index contributed by atoms with van der Waals surface area (Å²) in [7, 11) is 0. The first-order chi connectivity index (χ1) is 7.69. The number of nitrogens with one attached hydrogen (secondary N) is 1. The van der Waals surface area contributed by atoms with Crippen LogP contribution in [0.25, 0.3) is 0 Å². The van der Waals surface area contributed by atoms with Crippen molar-refractivity contribution < 1.29 is 0 Å². The van der Waals surface area contributed by atoms with Gasteiger partial charge in [-0.3, -0.25) is 4.90 Å². The average molecular weight is 244 g/mol. The topological polar surface area (TPSA) is 15.3 Å². The average Bonchev–Trinajstić information content (AvgIpc) is 2.30. The fourth-order valence-electron chi connectivity index (χ4n) is 2.41. The van der Waals surface area contributed by atoms with Crippen LogP contribution in [0.3, 0.4) is 0 Å². The van der Waals surface area contributed by atoms with Gasteiger partial charge in [-0.05, 0) is 38.2 Å². The highest BCUT2D eigenvalue weighted by Crippen LogP contribution is 2.16. The Morgan fingerprint density at radius 2 is 2.19 bits per heavy atom. The highest BCUT2D eigenvalue weighted by Gasteiger charge is 2.26. The third kappa shape index (κ3) is 4.27. The van der Waals surface area contributed by atoms with E-state index in [1.165, 1.54) is 30.9 Å². The fourth-order valence-corrected chi connectivity index (χ4v) is 3.20. The maximum Gasteiger partial charge on any atom is 0.0195 e. The number of hydrogen-bond acceptors (Lipinski definition) is 3. The molecule has 1 N–H and O–H groups in total. The second-order valence-corrected chi connectivity index (χ2v) is 6.29. The Kier molecular flexibility index (Phi) is 6.78. The molecule has 3 heteroatoms. The summed E-state index contributed by atoms with van der Waals surface area (Å²) >= 11 is 2.07. The standard InChI is InChI=1S/C13H28N2S/c1-5-13-10-15(12(4)9-14-13)11(3)7-8-16-6-2/h11-14H,5-10H2,1-4H3. The molecule has 0 bridgehead atoms. The lowest BCUT2D eigenvalue weighted by molar-refractivity contribution is 0.0961. The van der Waals surface area contributed by atoms with Crippen LogP contribution < -0.4 is 5.32 Å². The van der Waals surface area contributed by atoms with Crippen LogP contribution in [0.2, 0.25) is 0 Å². The van der Waals surface area contributed by atoms with E-state index in [9.17, 15) is 0 Å². The van der Waals surface area contributed by atoms with E-state index in [1.807, 2.05) is 0 Å². The molecule has 0 spiro atoms. The predicted molar refractivity (Wildman–Crippen MR) is 75.3 cm³/mol. The van der Waals surface area contributed by atoms with Gasteiger partial charge in [-0.1, -0.05) is 13.8 Å². The molecular weight excluding hydrogens is 216 g/mol. The molecule has 16 heavy (non-hydrogen) atoms. The van der Waals surface area contributed by atoms with Gasteiger partial charge in [0.2, 0.25) is 0 Å². The Hall–Kier alpha value is 0.270. The number of nitrogens with zero attached hydrogens (tertiary/aromatic N) is 1. The summed E-state index contributed by atoms with van der Waals surface area (Å²) in [5.41, 5.74) is 0. The maximum atomic E-state index is 3.62. The van der Waals surface area contributed by atoms with Crippen molar-refractivity contribution in [1.29, 1.82) is 0 Å². The van der Waals surface area contributed by atoms with Crippen LogP contribution in [-0.4, -0.2) is 47.6 Å². The lowest BCUT2D eigenvalue weighted by Crippen LogP contribution is -2.57. The Morgan fingerprint density at radius 3 is 2.81 bits per heavy atom. The summed E-state index contributed by atoms with van der Waals surface area (Å²) in [5, 5.41) is 3.62. The van der Waals surface area contributed by atoms with E-state index in [2.05, 4.69) is 49.7 Å². The molecule has 0 saturated carbocycles. The molecule has 1 fully saturated rings. The summed E-state index contributed by atoms with van der Waals surface area (Å²) in [5.74, 6) is 2.56. The molecule has 1 saturated heterocycles. The normalized spacial score (nSPS) is 29.2. The van der Waals surface area contributed by atoms with Gasteiger partial charge in [-0.2, -0.15) is 11.8 Å². The zero-order valence-electron chi connectivity index (χ0n) is 11.3. The van der Waals surface area contributed by atoms with E-state index in [0.29, 0.717) is 12.1 Å². The minimum absolute atomic E-state index is 0.699. The third-order valence-corrected chi connectivity index (χ3v) is 4.57. The molecule has 0 aliphatic carbocycles. The van der Waals surface area contributed by atoms with Crippen molar-refractivity contribution in [3.63, 3.8) is 0 Å². The van der Waals surface area contributed by atoms with Gasteiger partial charge in [0.05, 0.1) is 0 Å². The molecule has 96 valence electrons. The molecule has 0 amide bonds. The van der Waals surface area contributed by atoms with Gasteiger partial charge in [0.1, 0.15) is 0 Å². The molecule has 1 aliphatic heterocycles. The second-order valence-electron chi connectivity index (χ2n) is 4.89. The number of hydrogen-bond donors (Lipinski definition) is 1. The van der Waals surface area contributed by atoms with Crippen molar-refractivity contribution in [2.24, 2.45) is 0 Å². The van der Waals surface area contributed by atoms with Gasteiger partial charge >= 0.3 is 0 Å². The number of piperazine rings is 1. The van der Waals surface area contributed by atoms with E-state index in [0.717, 1.165) is 12.6 Å². The maximum absolute atomic E-state index is 3.62. The van der Waals surface area contributed by atoms with E-state index < -0.39 is 0 Å². The minimum atomic E-state index is 0.699. The van der Waals surface area contributed by atoms with Crippen LogP contribution in [-0.2, 0) is 0 Å². The smallest absolute Gasteiger partial charge is 0.0195 e. The van der Waals surface area contributed by atoms with Crippen molar-refractivity contribution in [2.45, 2.75) is 58.7 Å². The van der Waals surface area contributed by atoms with E-state index in [-0.39, 0.29) is 0 Å². The van der Waals surface area contributed by atoms with Crippen LogP contribution in [0.15, 0.2) is 0 Å². The van der Waals surface area contributed by atoms with Crippen LogP contribution >= 0.6 is 11.8 Å². The monoisotopic (exact) mass is 244 g/mol. The van der Waals surface area contributed by atoms with E-state index in [1.54, 1.807) is 0 Å². The lowest BCUT2D eigenvalue weighted by Gasteiger charge is -2.42. The highest BCUT2D eigenvalue weighted by atomic mass is 32.2. The van der Waals surface area contributed by atoms with Gasteiger partial charge in [0.25, 0.3) is 0 Å². The first-order valence-electron chi connectivity index (χ1n) is 6.75. The van der Waals surface area contributed by atoms with Crippen LogP contribution in [0.1, 0.15) is 40.5 Å². The van der Waals surface area contributed by atoms with Crippen LogP contribution in [0.5, 0.6) is 0 Å². The molecule has 2 nitrogen and oxygen atoms in total. The summed E-state index contributed by atoms with van der Waals surface area (Å²) in [6.07, 6.45) is 2.58. The lowest BCUT2D eigenvalue weighted by atomic mass is 10.0. The van der Waals surface area contributed by atoms with Gasteiger partial charge in [0.15, 0.2) is 0 Å². The van der Waals surface area contributed by atoms with Crippen molar-refractivity contribution in [3.05, 3.63) is 0 Å². The molecular formula is C13H28N2S. The Labute approximate surface area is 106 Å². The molecule has 3 atom stereocenters. The molecule has 0 aromatic rings. The third-order valence-electron chi connectivity index (χ3n) is 3.64. The largest absolute Gasteiger partial charge is 0.311 e. The van der Waals surface area contributed by atoms with Crippen molar-refractivity contribution in [1.82, 2.24) is 10.2 Å². The van der Waals surface area contributed by atoms with Gasteiger partial charge in [-0.15, -0.1) is 0 Å². The summed E-state index contributed by atoms with van der Waals surface area (Å²) in [6, 6.07) is 2.15. The molecule has 0 radical (unpaired) electrons. The molecule has 0 aromatic carbocycles. The summed E-state index contributed by atoms with van der Waals surface area (Å²) < 4.78 is 0. The summed E-state index contributed by atoms with van der Waals surface area (Å²) in [4.78, 5) is 2.70. The molecule has 1 heterocycles. The number of rotatable bonds is 6. The quantitative estimate of drug-likeness (QED) is 0.723. The molecule has 0 aromatic heterocycles. The first kappa shape index (κ1) is 14.3. The fraction of sp³-hybridized carbons (Fsp3) is 1.00. The molecule has 1 rings (SSSR count). The Morgan fingerprint density at radius 1 is 1.44 bits per heavy atom. The zero-order chi connectivity index (χ0) is 12.0. The molecule has 3 unspecified atom stereocenters.